The number of hydrogen-bond donors (Lipinski definition) is 2. The zero-order valence-electron chi connectivity index (χ0n) is 13.8. The molecule has 1 saturated heterocycles. The summed E-state index contributed by atoms with van der Waals surface area (Å²) in [6, 6.07) is 5.73. The van der Waals surface area contributed by atoms with Crippen molar-refractivity contribution in [1.29, 1.82) is 0 Å². The van der Waals surface area contributed by atoms with Gasteiger partial charge in [0.1, 0.15) is 11.4 Å². The molecule has 1 fully saturated rings. The Morgan fingerprint density at radius 1 is 1.36 bits per heavy atom. The largest absolute Gasteiger partial charge is 0.444 e. The number of carbonyl (C=O) groups is 1. The SMILES string of the molecule is CC(C)(C)OC(=O)Nc1cccc(CCC2CCNCC2)n1. The molecule has 0 unspecified atom stereocenters. The molecule has 2 rings (SSSR count). The normalized spacial score (nSPS) is 16.3. The highest BCUT2D eigenvalue weighted by molar-refractivity contribution is 5.83. The fraction of sp³-hybridized carbons (Fsp3) is 0.647. The van der Waals surface area contributed by atoms with Gasteiger partial charge < -0.3 is 10.1 Å². The van der Waals surface area contributed by atoms with E-state index in [0.717, 1.165) is 37.5 Å². The molecule has 0 spiro atoms. The minimum atomic E-state index is -0.503. The molecule has 1 aromatic heterocycles. The first kappa shape index (κ1) is 16.7. The van der Waals surface area contributed by atoms with Crippen LogP contribution in [0.3, 0.4) is 0 Å². The lowest BCUT2D eigenvalue weighted by molar-refractivity contribution is 0.0635. The van der Waals surface area contributed by atoms with Crippen LogP contribution >= 0.6 is 0 Å². The van der Waals surface area contributed by atoms with E-state index in [4.69, 9.17) is 4.74 Å². The summed E-state index contributed by atoms with van der Waals surface area (Å²) in [6.07, 6.45) is 4.14. The maximum atomic E-state index is 11.8. The lowest BCUT2D eigenvalue weighted by Gasteiger charge is -2.22. The van der Waals surface area contributed by atoms with Crippen LogP contribution in [0.5, 0.6) is 0 Å². The van der Waals surface area contributed by atoms with E-state index in [1.165, 1.54) is 12.8 Å². The highest BCUT2D eigenvalue weighted by Gasteiger charge is 2.17. The molecule has 1 aliphatic heterocycles. The van der Waals surface area contributed by atoms with Crippen molar-refractivity contribution in [2.24, 2.45) is 5.92 Å². The summed E-state index contributed by atoms with van der Waals surface area (Å²) in [5.74, 6) is 1.34. The van der Waals surface area contributed by atoms with E-state index in [2.05, 4.69) is 15.6 Å². The van der Waals surface area contributed by atoms with Crippen LogP contribution in [-0.2, 0) is 11.2 Å². The molecule has 22 heavy (non-hydrogen) atoms. The molecule has 5 nitrogen and oxygen atoms in total. The molecule has 1 aromatic rings. The zero-order chi connectivity index (χ0) is 16.0. The van der Waals surface area contributed by atoms with Crippen molar-refractivity contribution in [2.45, 2.75) is 52.1 Å². The number of anilines is 1. The van der Waals surface area contributed by atoms with Gasteiger partial charge in [-0.15, -0.1) is 0 Å². The van der Waals surface area contributed by atoms with Crippen LogP contribution in [0.1, 0.15) is 45.7 Å². The number of hydrogen-bond acceptors (Lipinski definition) is 4. The lowest BCUT2D eigenvalue weighted by atomic mass is 9.92. The van der Waals surface area contributed by atoms with Crippen molar-refractivity contribution in [3.8, 4) is 0 Å². The van der Waals surface area contributed by atoms with Gasteiger partial charge in [-0.05, 0) is 77.6 Å². The second-order valence-corrected chi connectivity index (χ2v) is 6.87. The van der Waals surface area contributed by atoms with Crippen LogP contribution in [0.4, 0.5) is 10.6 Å². The van der Waals surface area contributed by atoms with Crippen LogP contribution < -0.4 is 10.6 Å². The predicted molar refractivity (Wildman–Crippen MR) is 88.0 cm³/mol. The summed E-state index contributed by atoms with van der Waals surface area (Å²) < 4.78 is 5.24. The number of nitrogens with zero attached hydrogens (tertiary/aromatic N) is 1. The summed E-state index contributed by atoms with van der Waals surface area (Å²) in [5.41, 5.74) is 0.517. The summed E-state index contributed by atoms with van der Waals surface area (Å²) in [6.45, 7) is 7.77. The molecule has 2 N–H and O–H groups in total. The number of ether oxygens (including phenoxy) is 1. The average molecular weight is 305 g/mol. The van der Waals surface area contributed by atoms with Crippen LogP contribution in [0.15, 0.2) is 18.2 Å². The summed E-state index contributed by atoms with van der Waals surface area (Å²) in [4.78, 5) is 16.3. The third kappa shape index (κ3) is 6.02. The Morgan fingerprint density at radius 3 is 2.77 bits per heavy atom. The summed E-state index contributed by atoms with van der Waals surface area (Å²) >= 11 is 0. The van der Waals surface area contributed by atoms with E-state index in [-0.39, 0.29) is 0 Å². The second kappa shape index (κ2) is 7.58. The second-order valence-electron chi connectivity index (χ2n) is 6.87. The van der Waals surface area contributed by atoms with Crippen molar-refractivity contribution in [2.75, 3.05) is 18.4 Å². The minimum Gasteiger partial charge on any atom is -0.444 e. The Hall–Kier alpha value is -1.62. The van der Waals surface area contributed by atoms with Gasteiger partial charge in [0.05, 0.1) is 0 Å². The molecule has 0 bridgehead atoms. The predicted octanol–water partition coefficient (Wildman–Crippen LogP) is 3.36. The van der Waals surface area contributed by atoms with E-state index in [0.29, 0.717) is 5.82 Å². The molecule has 122 valence electrons. The van der Waals surface area contributed by atoms with Gasteiger partial charge in [-0.2, -0.15) is 0 Å². The number of piperidine rings is 1. The van der Waals surface area contributed by atoms with E-state index < -0.39 is 11.7 Å². The number of rotatable bonds is 4. The van der Waals surface area contributed by atoms with Crippen LogP contribution in [0.25, 0.3) is 0 Å². The fourth-order valence-corrected chi connectivity index (χ4v) is 2.62. The molecule has 0 radical (unpaired) electrons. The third-order valence-electron chi connectivity index (χ3n) is 3.70. The van der Waals surface area contributed by atoms with Gasteiger partial charge in [-0.3, -0.25) is 5.32 Å². The lowest BCUT2D eigenvalue weighted by Crippen LogP contribution is -2.28. The van der Waals surface area contributed by atoms with Gasteiger partial charge in [-0.25, -0.2) is 9.78 Å². The number of aromatic nitrogens is 1. The highest BCUT2D eigenvalue weighted by Crippen LogP contribution is 2.19. The number of amides is 1. The zero-order valence-corrected chi connectivity index (χ0v) is 13.8. The molecule has 0 aromatic carbocycles. The van der Waals surface area contributed by atoms with E-state index in [1.807, 2.05) is 32.9 Å². The van der Waals surface area contributed by atoms with Crippen molar-refractivity contribution in [1.82, 2.24) is 10.3 Å². The quantitative estimate of drug-likeness (QED) is 0.895. The maximum Gasteiger partial charge on any atom is 0.413 e. The number of carbonyl (C=O) groups excluding carboxylic acids is 1. The van der Waals surface area contributed by atoms with Crippen molar-refractivity contribution < 1.29 is 9.53 Å². The number of aryl methyl sites for hydroxylation is 1. The maximum absolute atomic E-state index is 11.8. The molecule has 1 amide bonds. The van der Waals surface area contributed by atoms with Gasteiger partial charge >= 0.3 is 6.09 Å². The number of pyridine rings is 1. The van der Waals surface area contributed by atoms with E-state index in [9.17, 15) is 4.79 Å². The Balaban J connectivity index is 1.85. The van der Waals surface area contributed by atoms with Gasteiger partial charge in [-0.1, -0.05) is 6.07 Å². The fourth-order valence-electron chi connectivity index (χ4n) is 2.62. The van der Waals surface area contributed by atoms with Crippen molar-refractivity contribution in [3.63, 3.8) is 0 Å². The molecule has 0 saturated carbocycles. The van der Waals surface area contributed by atoms with Crippen LogP contribution in [0, 0.1) is 5.92 Å². The molecular weight excluding hydrogens is 278 g/mol. The smallest absolute Gasteiger partial charge is 0.413 e. The summed E-state index contributed by atoms with van der Waals surface area (Å²) in [7, 11) is 0. The van der Waals surface area contributed by atoms with Gasteiger partial charge in [0.25, 0.3) is 0 Å². The van der Waals surface area contributed by atoms with E-state index in [1.54, 1.807) is 6.07 Å². The molecule has 0 atom stereocenters. The minimum absolute atomic E-state index is 0.462. The molecular formula is C17H27N3O2. The van der Waals surface area contributed by atoms with Crippen LogP contribution in [0.2, 0.25) is 0 Å². The number of nitrogens with one attached hydrogen (secondary N) is 2. The Bertz CT molecular complexity index is 491. The first-order chi connectivity index (χ1) is 10.4. The first-order valence-corrected chi connectivity index (χ1v) is 8.09. The monoisotopic (exact) mass is 305 g/mol. The molecule has 1 aliphatic rings. The Kier molecular flexibility index (Phi) is 5.77. The van der Waals surface area contributed by atoms with Gasteiger partial charge in [0, 0.05) is 5.69 Å². The summed E-state index contributed by atoms with van der Waals surface area (Å²) in [5, 5.41) is 6.08. The van der Waals surface area contributed by atoms with Crippen LogP contribution in [-0.4, -0.2) is 29.8 Å². The highest BCUT2D eigenvalue weighted by atomic mass is 16.6. The van der Waals surface area contributed by atoms with E-state index >= 15 is 0 Å². The average Bonchev–Trinajstić information content (AvgIpc) is 2.44. The topological polar surface area (TPSA) is 63.2 Å². The first-order valence-electron chi connectivity index (χ1n) is 8.09. The van der Waals surface area contributed by atoms with Crippen molar-refractivity contribution in [3.05, 3.63) is 23.9 Å². The Labute approximate surface area is 132 Å². The van der Waals surface area contributed by atoms with Gasteiger partial charge in [0.2, 0.25) is 0 Å². The molecule has 5 heteroatoms. The third-order valence-corrected chi connectivity index (χ3v) is 3.70. The molecule has 2 heterocycles. The Morgan fingerprint density at radius 2 is 2.09 bits per heavy atom. The molecule has 0 aliphatic carbocycles. The van der Waals surface area contributed by atoms with Crippen molar-refractivity contribution >= 4 is 11.9 Å². The van der Waals surface area contributed by atoms with Gasteiger partial charge in [0.15, 0.2) is 0 Å². The standard InChI is InChI=1S/C17H27N3O2/c1-17(2,3)22-16(21)20-15-6-4-5-14(19-15)8-7-13-9-11-18-12-10-13/h4-6,13,18H,7-12H2,1-3H3,(H,19,20,21).